The highest BCUT2D eigenvalue weighted by molar-refractivity contribution is 5.79. The van der Waals surface area contributed by atoms with Crippen LogP contribution in [0.1, 0.15) is 33.9 Å². The van der Waals surface area contributed by atoms with E-state index in [9.17, 15) is 18.0 Å². The number of fused-ring (bicyclic) bond motifs is 1. The van der Waals surface area contributed by atoms with Gasteiger partial charge in [0.15, 0.2) is 0 Å². The molecular weight excluding hydrogens is 421 g/mol. The van der Waals surface area contributed by atoms with Crippen molar-refractivity contribution < 1.29 is 18.0 Å². The van der Waals surface area contributed by atoms with E-state index in [0.29, 0.717) is 30.0 Å². The van der Waals surface area contributed by atoms with Gasteiger partial charge >= 0.3 is 6.18 Å². The number of benzene rings is 1. The second-order valence-electron chi connectivity index (χ2n) is 8.17. The van der Waals surface area contributed by atoms with Crippen molar-refractivity contribution >= 4 is 17.4 Å². The smallest absolute Gasteiger partial charge is 0.368 e. The maximum atomic E-state index is 13.0. The molecule has 0 N–H and O–H groups in total. The van der Waals surface area contributed by atoms with Crippen LogP contribution < -0.4 is 4.90 Å². The molecule has 0 atom stereocenters. The van der Waals surface area contributed by atoms with Crippen LogP contribution in [0.3, 0.4) is 0 Å². The third kappa shape index (κ3) is 4.01. The van der Waals surface area contributed by atoms with Gasteiger partial charge in [0, 0.05) is 48.8 Å². The molecule has 0 unspecified atom stereocenters. The highest BCUT2D eigenvalue weighted by Gasteiger charge is 2.37. The lowest BCUT2D eigenvalue weighted by Gasteiger charge is -2.37. The molecule has 1 aliphatic rings. The molecule has 0 bridgehead atoms. The van der Waals surface area contributed by atoms with Gasteiger partial charge in [0.1, 0.15) is 0 Å². The van der Waals surface area contributed by atoms with E-state index in [0.717, 1.165) is 17.6 Å². The Labute approximate surface area is 183 Å². The van der Waals surface area contributed by atoms with Crippen molar-refractivity contribution in [3.8, 4) is 0 Å². The third-order valence-electron chi connectivity index (χ3n) is 6.18. The molecule has 0 saturated carbocycles. The van der Waals surface area contributed by atoms with Gasteiger partial charge in [-0.25, -0.2) is 9.50 Å². The lowest BCUT2D eigenvalue weighted by Crippen LogP contribution is -2.49. The third-order valence-corrected chi connectivity index (χ3v) is 6.18. The molecular formula is C22H25F3N6O. The fraction of sp³-hybridized carbons (Fsp3) is 0.455. The van der Waals surface area contributed by atoms with Crippen LogP contribution in [-0.2, 0) is 17.4 Å². The number of aryl methyl sites for hydroxylation is 3. The zero-order valence-corrected chi connectivity index (χ0v) is 18.5. The van der Waals surface area contributed by atoms with E-state index < -0.39 is 12.0 Å². The SMILES string of the molecule is Cc1cccc(N2CCN(C(=O)Cc3c(C)nc4nc(C(F)(F)F)nn4c3C)CC2)c1C. The van der Waals surface area contributed by atoms with Gasteiger partial charge in [-0.15, -0.1) is 5.10 Å². The Morgan fingerprint density at radius 2 is 1.72 bits per heavy atom. The van der Waals surface area contributed by atoms with Gasteiger partial charge in [-0.05, 0) is 44.9 Å². The zero-order chi connectivity index (χ0) is 23.2. The summed E-state index contributed by atoms with van der Waals surface area (Å²) in [6, 6.07) is 6.22. The number of carbonyl (C=O) groups is 1. The first kappa shape index (κ1) is 22.0. The molecule has 4 rings (SSSR count). The highest BCUT2D eigenvalue weighted by atomic mass is 19.4. The fourth-order valence-electron chi connectivity index (χ4n) is 4.12. The van der Waals surface area contributed by atoms with Crippen molar-refractivity contribution in [3.63, 3.8) is 0 Å². The molecule has 1 saturated heterocycles. The van der Waals surface area contributed by atoms with Crippen LogP contribution >= 0.6 is 0 Å². The summed E-state index contributed by atoms with van der Waals surface area (Å²) in [7, 11) is 0. The van der Waals surface area contributed by atoms with Crippen LogP contribution in [0.2, 0.25) is 0 Å². The van der Waals surface area contributed by atoms with Crippen molar-refractivity contribution in [2.45, 2.75) is 40.3 Å². The Hall–Kier alpha value is -3.17. The van der Waals surface area contributed by atoms with Crippen LogP contribution in [0.25, 0.3) is 5.78 Å². The summed E-state index contributed by atoms with van der Waals surface area (Å²) in [5.41, 5.74) is 5.17. The summed E-state index contributed by atoms with van der Waals surface area (Å²) < 4.78 is 40.0. The van der Waals surface area contributed by atoms with E-state index in [-0.39, 0.29) is 18.1 Å². The quantitative estimate of drug-likeness (QED) is 0.618. The zero-order valence-electron chi connectivity index (χ0n) is 18.5. The number of carbonyl (C=O) groups excluding carboxylic acids is 1. The second kappa shape index (κ2) is 8.07. The number of piperazine rings is 1. The predicted octanol–water partition coefficient (Wildman–Crippen LogP) is 3.27. The first-order valence-corrected chi connectivity index (χ1v) is 10.4. The van der Waals surface area contributed by atoms with Gasteiger partial charge in [-0.1, -0.05) is 12.1 Å². The largest absolute Gasteiger partial charge is 0.453 e. The first-order chi connectivity index (χ1) is 15.1. The Morgan fingerprint density at radius 3 is 2.38 bits per heavy atom. The molecule has 1 aliphatic heterocycles. The molecule has 0 spiro atoms. The standard InChI is InChI=1S/C22H25F3N6O/c1-13-6-5-7-18(14(13)2)29-8-10-30(11-9-29)19(32)12-17-15(3)26-21-27-20(22(23,24)25)28-31(21)16(17)4/h5-7H,8-12H2,1-4H3. The molecule has 2 aromatic heterocycles. The molecule has 10 heteroatoms. The second-order valence-corrected chi connectivity index (χ2v) is 8.17. The Kier molecular flexibility index (Phi) is 5.56. The van der Waals surface area contributed by atoms with E-state index in [2.05, 4.69) is 45.9 Å². The number of nitrogens with zero attached hydrogens (tertiary/aromatic N) is 6. The van der Waals surface area contributed by atoms with E-state index >= 15 is 0 Å². The first-order valence-electron chi connectivity index (χ1n) is 10.4. The Balaban J connectivity index is 1.49. The van der Waals surface area contributed by atoms with Gasteiger partial charge < -0.3 is 9.80 Å². The molecule has 1 amide bonds. The monoisotopic (exact) mass is 446 g/mol. The van der Waals surface area contributed by atoms with Crippen molar-refractivity contribution in [2.24, 2.45) is 0 Å². The van der Waals surface area contributed by atoms with Gasteiger partial charge in [0.05, 0.1) is 6.42 Å². The molecule has 1 aromatic carbocycles. The normalized spacial score (nSPS) is 15.0. The van der Waals surface area contributed by atoms with E-state index in [1.807, 2.05) is 6.07 Å². The Morgan fingerprint density at radius 1 is 1.03 bits per heavy atom. The molecule has 170 valence electrons. The number of hydrogen-bond acceptors (Lipinski definition) is 5. The minimum Gasteiger partial charge on any atom is -0.368 e. The number of amides is 1. The van der Waals surface area contributed by atoms with Crippen LogP contribution in [0, 0.1) is 27.7 Å². The lowest BCUT2D eigenvalue weighted by atomic mass is 10.1. The minimum absolute atomic E-state index is 0.0608. The van der Waals surface area contributed by atoms with Crippen molar-refractivity contribution in [3.05, 3.63) is 52.1 Å². The maximum Gasteiger partial charge on any atom is 0.453 e. The molecule has 1 fully saturated rings. The topological polar surface area (TPSA) is 66.6 Å². The summed E-state index contributed by atoms with van der Waals surface area (Å²) in [5.74, 6) is -1.43. The lowest BCUT2D eigenvalue weighted by molar-refractivity contribution is -0.144. The van der Waals surface area contributed by atoms with Gasteiger partial charge in [0.2, 0.25) is 5.91 Å². The fourth-order valence-corrected chi connectivity index (χ4v) is 4.12. The average molecular weight is 446 g/mol. The number of aromatic nitrogens is 4. The van der Waals surface area contributed by atoms with Crippen LogP contribution in [0.15, 0.2) is 18.2 Å². The molecule has 3 aromatic rings. The number of anilines is 1. The summed E-state index contributed by atoms with van der Waals surface area (Å²) in [5, 5.41) is 3.55. The minimum atomic E-state index is -4.65. The van der Waals surface area contributed by atoms with Gasteiger partial charge in [-0.3, -0.25) is 4.79 Å². The van der Waals surface area contributed by atoms with E-state index in [1.165, 1.54) is 16.8 Å². The van der Waals surface area contributed by atoms with Crippen LogP contribution in [0.5, 0.6) is 0 Å². The molecule has 32 heavy (non-hydrogen) atoms. The highest BCUT2D eigenvalue weighted by Crippen LogP contribution is 2.27. The summed E-state index contributed by atoms with van der Waals surface area (Å²) in [6.45, 7) is 10.1. The summed E-state index contributed by atoms with van der Waals surface area (Å²) >= 11 is 0. The van der Waals surface area contributed by atoms with E-state index in [4.69, 9.17) is 0 Å². The maximum absolute atomic E-state index is 13.0. The molecule has 0 radical (unpaired) electrons. The number of rotatable bonds is 3. The van der Waals surface area contributed by atoms with Gasteiger partial charge in [-0.2, -0.15) is 18.2 Å². The Bertz CT molecular complexity index is 1180. The summed E-state index contributed by atoms with van der Waals surface area (Å²) in [6.07, 6.45) is -4.59. The molecule has 7 nitrogen and oxygen atoms in total. The van der Waals surface area contributed by atoms with Crippen LogP contribution in [-0.4, -0.2) is 56.6 Å². The van der Waals surface area contributed by atoms with Crippen molar-refractivity contribution in [1.29, 1.82) is 0 Å². The van der Waals surface area contributed by atoms with Crippen LogP contribution in [0.4, 0.5) is 18.9 Å². The number of alkyl halides is 3. The van der Waals surface area contributed by atoms with E-state index in [1.54, 1.807) is 18.7 Å². The summed E-state index contributed by atoms with van der Waals surface area (Å²) in [4.78, 5) is 24.7. The number of halogens is 3. The molecule has 3 heterocycles. The predicted molar refractivity (Wildman–Crippen MR) is 114 cm³/mol. The van der Waals surface area contributed by atoms with Crippen molar-refractivity contribution in [2.75, 3.05) is 31.1 Å². The number of hydrogen-bond donors (Lipinski definition) is 0. The molecule has 0 aliphatic carbocycles. The average Bonchev–Trinajstić information content (AvgIpc) is 3.18. The van der Waals surface area contributed by atoms with Gasteiger partial charge in [0.25, 0.3) is 11.6 Å². The van der Waals surface area contributed by atoms with Crippen molar-refractivity contribution in [1.82, 2.24) is 24.5 Å².